The molecule has 110 valence electrons. The third-order valence-electron chi connectivity index (χ3n) is 3.62. The van der Waals surface area contributed by atoms with Crippen molar-refractivity contribution in [3.8, 4) is 0 Å². The van der Waals surface area contributed by atoms with Crippen LogP contribution in [0.2, 0.25) is 0 Å². The number of hydrogen-bond acceptors (Lipinski definition) is 4. The highest BCUT2D eigenvalue weighted by Gasteiger charge is 2.14. The van der Waals surface area contributed by atoms with Gasteiger partial charge in [-0.15, -0.1) is 11.3 Å². The van der Waals surface area contributed by atoms with E-state index in [1.54, 1.807) is 16.0 Å². The molecule has 0 aliphatic rings. The molecule has 2 unspecified atom stereocenters. The fourth-order valence-corrected chi connectivity index (χ4v) is 3.39. The van der Waals surface area contributed by atoms with E-state index >= 15 is 0 Å². The van der Waals surface area contributed by atoms with Crippen LogP contribution in [-0.2, 0) is 7.05 Å². The molecule has 0 aliphatic carbocycles. The van der Waals surface area contributed by atoms with Crippen LogP contribution in [0.1, 0.15) is 29.5 Å². The molecular weight excluding hydrogens is 282 g/mol. The molecule has 0 saturated heterocycles. The van der Waals surface area contributed by atoms with Crippen LogP contribution in [-0.4, -0.2) is 21.4 Å². The maximum absolute atomic E-state index is 10.3. The molecule has 0 radical (unpaired) electrons. The van der Waals surface area contributed by atoms with Crippen LogP contribution in [0.15, 0.2) is 42.7 Å². The number of aryl methyl sites for hydroxylation is 1. The van der Waals surface area contributed by atoms with E-state index in [-0.39, 0.29) is 6.04 Å². The molecule has 0 bridgehead atoms. The molecule has 4 nitrogen and oxygen atoms in total. The Morgan fingerprint density at radius 1 is 1.38 bits per heavy atom. The Morgan fingerprint density at radius 3 is 2.90 bits per heavy atom. The summed E-state index contributed by atoms with van der Waals surface area (Å²) < 4.78 is 3.00. The zero-order chi connectivity index (χ0) is 14.8. The number of nitrogens with one attached hydrogen (secondary N) is 1. The van der Waals surface area contributed by atoms with Crippen LogP contribution in [0.3, 0.4) is 0 Å². The Labute approximate surface area is 128 Å². The van der Waals surface area contributed by atoms with E-state index in [2.05, 4.69) is 35.5 Å². The molecule has 2 heterocycles. The first-order valence-electron chi connectivity index (χ1n) is 7.02. The number of aliphatic hydroxyl groups excluding tert-OH is 1. The lowest BCUT2D eigenvalue weighted by Crippen LogP contribution is -2.24. The van der Waals surface area contributed by atoms with Gasteiger partial charge in [0.2, 0.25) is 0 Å². The molecule has 0 saturated carbocycles. The monoisotopic (exact) mass is 301 g/mol. The van der Waals surface area contributed by atoms with Crippen LogP contribution in [0.25, 0.3) is 10.1 Å². The first-order valence-corrected chi connectivity index (χ1v) is 7.83. The molecule has 3 aromatic rings. The summed E-state index contributed by atoms with van der Waals surface area (Å²) in [4.78, 5) is 1.00. The van der Waals surface area contributed by atoms with E-state index in [1.165, 1.54) is 10.1 Å². The zero-order valence-corrected chi connectivity index (χ0v) is 13.0. The Hall–Kier alpha value is -1.69. The van der Waals surface area contributed by atoms with Crippen molar-refractivity contribution in [2.24, 2.45) is 7.05 Å². The van der Waals surface area contributed by atoms with Gasteiger partial charge in [0.05, 0.1) is 6.20 Å². The first kappa shape index (κ1) is 14.3. The van der Waals surface area contributed by atoms with E-state index in [0.717, 1.165) is 10.4 Å². The van der Waals surface area contributed by atoms with Crippen molar-refractivity contribution < 1.29 is 5.11 Å². The molecule has 0 spiro atoms. The lowest BCUT2D eigenvalue weighted by molar-refractivity contribution is 0.174. The Kier molecular flexibility index (Phi) is 4.05. The molecule has 3 rings (SSSR count). The van der Waals surface area contributed by atoms with Crippen LogP contribution in [0, 0.1) is 0 Å². The quantitative estimate of drug-likeness (QED) is 0.761. The van der Waals surface area contributed by atoms with Gasteiger partial charge in [0.1, 0.15) is 6.10 Å². The zero-order valence-electron chi connectivity index (χ0n) is 12.2. The predicted octanol–water partition coefficient (Wildman–Crippen LogP) is 3.02. The normalized spacial score (nSPS) is 14.4. The number of aromatic nitrogens is 2. The van der Waals surface area contributed by atoms with Crippen molar-refractivity contribution in [1.29, 1.82) is 0 Å². The SMILES string of the molecule is CC(NCC(O)c1cc2ccccc2s1)c1cnn(C)c1. The van der Waals surface area contributed by atoms with Crippen LogP contribution in [0.4, 0.5) is 0 Å². The van der Waals surface area contributed by atoms with E-state index in [0.29, 0.717) is 6.54 Å². The number of rotatable bonds is 5. The predicted molar refractivity (Wildman–Crippen MR) is 86.4 cm³/mol. The van der Waals surface area contributed by atoms with Gasteiger partial charge in [-0.1, -0.05) is 18.2 Å². The van der Waals surface area contributed by atoms with Crippen molar-refractivity contribution in [2.45, 2.75) is 19.1 Å². The second kappa shape index (κ2) is 5.97. The maximum Gasteiger partial charge on any atom is 0.101 e. The average Bonchev–Trinajstić information content (AvgIpc) is 3.10. The summed E-state index contributed by atoms with van der Waals surface area (Å²) in [6, 6.07) is 10.4. The van der Waals surface area contributed by atoms with Gasteiger partial charge in [0, 0.05) is 41.0 Å². The Balaban J connectivity index is 1.64. The lowest BCUT2D eigenvalue weighted by Gasteiger charge is -2.15. The third kappa shape index (κ3) is 3.15. The Bertz CT molecular complexity index is 701. The summed E-state index contributed by atoms with van der Waals surface area (Å²) in [6.45, 7) is 2.61. The summed E-state index contributed by atoms with van der Waals surface area (Å²) in [5, 5.41) is 19.1. The van der Waals surface area contributed by atoms with Gasteiger partial charge in [0.25, 0.3) is 0 Å². The molecule has 21 heavy (non-hydrogen) atoms. The number of thiophene rings is 1. The van der Waals surface area contributed by atoms with Crippen LogP contribution < -0.4 is 5.32 Å². The van der Waals surface area contributed by atoms with E-state index in [9.17, 15) is 5.11 Å². The highest BCUT2D eigenvalue weighted by atomic mass is 32.1. The minimum absolute atomic E-state index is 0.169. The third-order valence-corrected chi connectivity index (χ3v) is 4.83. The number of hydrogen-bond donors (Lipinski definition) is 2. The van der Waals surface area contributed by atoms with Gasteiger partial charge in [0.15, 0.2) is 0 Å². The fourth-order valence-electron chi connectivity index (χ4n) is 2.34. The fraction of sp³-hybridized carbons (Fsp3) is 0.312. The second-order valence-corrected chi connectivity index (χ2v) is 6.40. The second-order valence-electron chi connectivity index (χ2n) is 5.28. The molecule has 0 amide bonds. The average molecular weight is 301 g/mol. The Morgan fingerprint density at radius 2 is 2.19 bits per heavy atom. The minimum Gasteiger partial charge on any atom is -0.386 e. The van der Waals surface area contributed by atoms with Crippen molar-refractivity contribution in [3.05, 3.63) is 53.2 Å². The molecule has 2 atom stereocenters. The van der Waals surface area contributed by atoms with E-state index in [4.69, 9.17) is 0 Å². The maximum atomic E-state index is 10.3. The van der Waals surface area contributed by atoms with Gasteiger partial charge >= 0.3 is 0 Å². The van der Waals surface area contributed by atoms with Crippen molar-refractivity contribution >= 4 is 21.4 Å². The molecule has 2 N–H and O–H groups in total. The minimum atomic E-state index is -0.485. The van der Waals surface area contributed by atoms with Gasteiger partial charge < -0.3 is 10.4 Å². The molecule has 0 aliphatic heterocycles. The van der Waals surface area contributed by atoms with E-state index in [1.807, 2.05) is 31.6 Å². The van der Waals surface area contributed by atoms with Crippen molar-refractivity contribution in [2.75, 3.05) is 6.54 Å². The smallest absolute Gasteiger partial charge is 0.101 e. The van der Waals surface area contributed by atoms with Gasteiger partial charge in [-0.2, -0.15) is 5.10 Å². The van der Waals surface area contributed by atoms with Crippen LogP contribution in [0.5, 0.6) is 0 Å². The summed E-state index contributed by atoms with van der Waals surface area (Å²) >= 11 is 1.65. The van der Waals surface area contributed by atoms with Gasteiger partial charge in [-0.05, 0) is 24.4 Å². The highest BCUT2D eigenvalue weighted by Crippen LogP contribution is 2.29. The van der Waals surface area contributed by atoms with Crippen molar-refractivity contribution in [3.63, 3.8) is 0 Å². The molecular formula is C16H19N3OS. The highest BCUT2D eigenvalue weighted by molar-refractivity contribution is 7.19. The number of nitrogens with zero attached hydrogens (tertiary/aromatic N) is 2. The topological polar surface area (TPSA) is 50.1 Å². The number of benzene rings is 1. The number of aliphatic hydroxyl groups is 1. The van der Waals surface area contributed by atoms with Crippen LogP contribution >= 0.6 is 11.3 Å². The first-order chi connectivity index (χ1) is 10.1. The largest absolute Gasteiger partial charge is 0.386 e. The van der Waals surface area contributed by atoms with E-state index < -0.39 is 6.10 Å². The summed E-state index contributed by atoms with van der Waals surface area (Å²) in [7, 11) is 1.91. The summed E-state index contributed by atoms with van der Waals surface area (Å²) in [5.74, 6) is 0. The molecule has 5 heteroatoms. The van der Waals surface area contributed by atoms with Crippen molar-refractivity contribution in [1.82, 2.24) is 15.1 Å². The van der Waals surface area contributed by atoms with Gasteiger partial charge in [-0.3, -0.25) is 4.68 Å². The molecule has 2 aromatic heterocycles. The van der Waals surface area contributed by atoms with Gasteiger partial charge in [-0.25, -0.2) is 0 Å². The lowest BCUT2D eigenvalue weighted by atomic mass is 10.1. The standard InChI is InChI=1S/C16H19N3OS/c1-11(13-8-18-19(2)10-13)17-9-14(20)16-7-12-5-3-4-6-15(12)21-16/h3-8,10-11,14,17,20H,9H2,1-2H3. The molecule has 1 aromatic carbocycles. The summed E-state index contributed by atoms with van der Waals surface area (Å²) in [5.41, 5.74) is 1.13. The number of fused-ring (bicyclic) bond motifs is 1. The summed E-state index contributed by atoms with van der Waals surface area (Å²) in [6.07, 6.45) is 3.36. The molecule has 0 fully saturated rings.